The van der Waals surface area contributed by atoms with Crippen molar-refractivity contribution in [3.63, 3.8) is 0 Å². The molecule has 7 heteroatoms. The first-order valence-corrected chi connectivity index (χ1v) is 12.3. The number of benzene rings is 3. The Kier molecular flexibility index (Phi) is 6.46. The normalized spacial score (nSPS) is 13.8. The Labute approximate surface area is 211 Å². The van der Waals surface area contributed by atoms with Gasteiger partial charge in [0.05, 0.1) is 17.6 Å². The van der Waals surface area contributed by atoms with Gasteiger partial charge in [-0.15, -0.1) is 0 Å². The van der Waals surface area contributed by atoms with E-state index in [1.165, 1.54) is 5.56 Å². The highest BCUT2D eigenvalue weighted by Gasteiger charge is 2.25. The van der Waals surface area contributed by atoms with E-state index in [-0.39, 0.29) is 11.6 Å². The van der Waals surface area contributed by atoms with Gasteiger partial charge in [-0.2, -0.15) is 0 Å². The predicted molar refractivity (Wildman–Crippen MR) is 145 cm³/mol. The molecule has 0 unspecified atom stereocenters. The Morgan fingerprint density at radius 2 is 1.58 bits per heavy atom. The minimum absolute atomic E-state index is 0.109. The molecule has 3 aromatic carbocycles. The van der Waals surface area contributed by atoms with E-state index < -0.39 is 0 Å². The van der Waals surface area contributed by atoms with E-state index in [2.05, 4.69) is 42.6 Å². The Balaban J connectivity index is 1.36. The van der Waals surface area contributed by atoms with E-state index in [0.29, 0.717) is 38.5 Å². The number of anilines is 2. The van der Waals surface area contributed by atoms with Crippen LogP contribution in [0.1, 0.15) is 22.3 Å². The van der Waals surface area contributed by atoms with Gasteiger partial charge in [-0.25, -0.2) is 9.78 Å². The van der Waals surface area contributed by atoms with Crippen molar-refractivity contribution >= 4 is 28.6 Å². The highest BCUT2D eigenvalue weighted by molar-refractivity contribution is 5.90. The first kappa shape index (κ1) is 23.6. The molecule has 0 saturated carbocycles. The van der Waals surface area contributed by atoms with E-state index in [4.69, 9.17) is 4.98 Å². The van der Waals surface area contributed by atoms with Crippen LogP contribution in [0.3, 0.4) is 0 Å². The third kappa shape index (κ3) is 4.82. The number of amides is 2. The number of aryl methyl sites for hydroxylation is 3. The smallest absolute Gasteiger partial charge is 0.321 e. The molecule has 0 aliphatic carbocycles. The number of rotatable bonds is 4. The molecule has 0 bridgehead atoms. The molecule has 0 spiro atoms. The maximum atomic E-state index is 13.6. The monoisotopic (exact) mass is 481 g/mol. The van der Waals surface area contributed by atoms with Crippen molar-refractivity contribution in [2.24, 2.45) is 0 Å². The Morgan fingerprint density at radius 3 is 2.31 bits per heavy atom. The fourth-order valence-electron chi connectivity index (χ4n) is 4.69. The SMILES string of the molecule is Cc1ccc(Cn2c(=O)c(N3CCN(C(=O)Nc4ccc(C)cc4C)CC3)nc3ccccc32)cc1. The van der Waals surface area contributed by atoms with Gasteiger partial charge in [0, 0.05) is 31.9 Å². The van der Waals surface area contributed by atoms with Gasteiger partial charge in [0.15, 0.2) is 5.82 Å². The van der Waals surface area contributed by atoms with Crippen LogP contribution in [0, 0.1) is 20.8 Å². The minimum atomic E-state index is -0.121. The van der Waals surface area contributed by atoms with Crippen LogP contribution >= 0.6 is 0 Å². The third-order valence-corrected chi connectivity index (χ3v) is 6.79. The summed E-state index contributed by atoms with van der Waals surface area (Å²) in [6.45, 7) is 8.69. The van der Waals surface area contributed by atoms with Crippen molar-refractivity contribution < 1.29 is 4.79 Å². The number of hydrogen-bond donors (Lipinski definition) is 1. The number of carbonyl (C=O) groups is 1. The van der Waals surface area contributed by atoms with Gasteiger partial charge >= 0.3 is 6.03 Å². The number of nitrogens with zero attached hydrogens (tertiary/aromatic N) is 4. The molecule has 36 heavy (non-hydrogen) atoms. The highest BCUT2D eigenvalue weighted by Crippen LogP contribution is 2.19. The van der Waals surface area contributed by atoms with E-state index in [1.807, 2.05) is 59.7 Å². The van der Waals surface area contributed by atoms with Gasteiger partial charge in [-0.05, 0) is 50.1 Å². The Bertz CT molecular complexity index is 1470. The lowest BCUT2D eigenvalue weighted by atomic mass is 10.1. The summed E-state index contributed by atoms with van der Waals surface area (Å²) in [4.78, 5) is 35.1. The topological polar surface area (TPSA) is 70.5 Å². The minimum Gasteiger partial charge on any atom is -0.348 e. The number of urea groups is 1. The van der Waals surface area contributed by atoms with E-state index in [0.717, 1.165) is 33.4 Å². The van der Waals surface area contributed by atoms with Gasteiger partial charge in [0.25, 0.3) is 5.56 Å². The Morgan fingerprint density at radius 1 is 0.889 bits per heavy atom. The average molecular weight is 482 g/mol. The summed E-state index contributed by atoms with van der Waals surface area (Å²) in [7, 11) is 0. The molecule has 2 amide bonds. The molecule has 1 N–H and O–H groups in total. The van der Waals surface area contributed by atoms with Crippen LogP contribution in [0.15, 0.2) is 71.5 Å². The first-order valence-electron chi connectivity index (χ1n) is 12.3. The molecule has 1 aliphatic rings. The van der Waals surface area contributed by atoms with Crippen molar-refractivity contribution in [1.82, 2.24) is 14.5 Å². The standard InChI is InChI=1S/C29H31N5O2/c1-20-8-11-23(12-9-20)19-34-26-7-5-4-6-25(26)30-27(28(34)35)32-14-16-33(17-15-32)29(36)31-24-13-10-21(2)18-22(24)3/h4-13,18H,14-17,19H2,1-3H3,(H,31,36). The highest BCUT2D eigenvalue weighted by atomic mass is 16.2. The molecule has 184 valence electrons. The number of nitrogens with one attached hydrogen (secondary N) is 1. The number of para-hydroxylation sites is 2. The maximum absolute atomic E-state index is 13.6. The molecule has 7 nitrogen and oxygen atoms in total. The number of carbonyl (C=O) groups excluding carboxylic acids is 1. The zero-order chi connectivity index (χ0) is 25.2. The predicted octanol–water partition coefficient (Wildman–Crippen LogP) is 4.72. The molecule has 5 rings (SSSR count). The molecule has 0 radical (unpaired) electrons. The molecule has 1 aromatic heterocycles. The fraction of sp³-hybridized carbons (Fsp3) is 0.276. The maximum Gasteiger partial charge on any atom is 0.321 e. The largest absolute Gasteiger partial charge is 0.348 e. The summed E-state index contributed by atoms with van der Waals surface area (Å²) < 4.78 is 1.81. The van der Waals surface area contributed by atoms with Crippen LogP contribution in [0.5, 0.6) is 0 Å². The van der Waals surface area contributed by atoms with Gasteiger partial charge in [-0.1, -0.05) is 59.7 Å². The zero-order valence-corrected chi connectivity index (χ0v) is 21.0. The summed E-state index contributed by atoms with van der Waals surface area (Å²) in [6, 6.07) is 21.9. The van der Waals surface area contributed by atoms with Crippen LogP contribution in [0.25, 0.3) is 11.0 Å². The molecule has 0 atom stereocenters. The van der Waals surface area contributed by atoms with Crippen molar-refractivity contribution in [1.29, 1.82) is 0 Å². The van der Waals surface area contributed by atoms with Gasteiger partial charge < -0.3 is 15.1 Å². The van der Waals surface area contributed by atoms with Gasteiger partial charge in [0.1, 0.15) is 0 Å². The summed E-state index contributed by atoms with van der Waals surface area (Å²) in [6.07, 6.45) is 0. The number of aromatic nitrogens is 2. The molecular formula is C29H31N5O2. The second-order valence-corrected chi connectivity index (χ2v) is 9.52. The summed E-state index contributed by atoms with van der Waals surface area (Å²) >= 11 is 0. The molecule has 2 heterocycles. The van der Waals surface area contributed by atoms with Crippen molar-refractivity contribution in [3.8, 4) is 0 Å². The van der Waals surface area contributed by atoms with Crippen molar-refractivity contribution in [2.75, 3.05) is 36.4 Å². The lowest BCUT2D eigenvalue weighted by molar-refractivity contribution is 0.208. The fourth-order valence-corrected chi connectivity index (χ4v) is 4.69. The number of fused-ring (bicyclic) bond motifs is 1. The third-order valence-electron chi connectivity index (χ3n) is 6.79. The van der Waals surface area contributed by atoms with Crippen LogP contribution in [-0.2, 0) is 6.54 Å². The van der Waals surface area contributed by atoms with E-state index in [9.17, 15) is 9.59 Å². The van der Waals surface area contributed by atoms with Gasteiger partial charge in [-0.3, -0.25) is 9.36 Å². The second-order valence-electron chi connectivity index (χ2n) is 9.52. The lowest BCUT2D eigenvalue weighted by Gasteiger charge is -2.35. The Hall–Kier alpha value is -4.13. The quantitative estimate of drug-likeness (QED) is 0.458. The number of piperazine rings is 1. The van der Waals surface area contributed by atoms with E-state index in [1.54, 1.807) is 4.90 Å². The van der Waals surface area contributed by atoms with Crippen LogP contribution < -0.4 is 15.8 Å². The summed E-state index contributed by atoms with van der Waals surface area (Å²) in [5, 5.41) is 3.02. The first-order chi connectivity index (χ1) is 17.4. The van der Waals surface area contributed by atoms with E-state index >= 15 is 0 Å². The number of hydrogen-bond acceptors (Lipinski definition) is 4. The lowest BCUT2D eigenvalue weighted by Crippen LogP contribution is -2.51. The summed E-state index contributed by atoms with van der Waals surface area (Å²) in [5.41, 5.74) is 6.77. The second kappa shape index (κ2) is 9.85. The van der Waals surface area contributed by atoms with Crippen LogP contribution in [0.2, 0.25) is 0 Å². The van der Waals surface area contributed by atoms with Crippen molar-refractivity contribution in [3.05, 3.63) is 99.3 Å². The summed E-state index contributed by atoms with van der Waals surface area (Å²) in [5.74, 6) is 0.440. The molecule has 4 aromatic rings. The van der Waals surface area contributed by atoms with Crippen molar-refractivity contribution in [2.45, 2.75) is 27.3 Å². The molecule has 1 aliphatic heterocycles. The molecular weight excluding hydrogens is 450 g/mol. The van der Waals surface area contributed by atoms with Gasteiger partial charge in [0.2, 0.25) is 0 Å². The zero-order valence-electron chi connectivity index (χ0n) is 21.0. The average Bonchev–Trinajstić information content (AvgIpc) is 2.88. The molecule has 1 saturated heterocycles. The van der Waals surface area contributed by atoms with Crippen LogP contribution in [-0.4, -0.2) is 46.7 Å². The van der Waals surface area contributed by atoms with Crippen LogP contribution in [0.4, 0.5) is 16.3 Å². The molecule has 1 fully saturated rings.